The summed E-state index contributed by atoms with van der Waals surface area (Å²) in [5.41, 5.74) is 16.5. The number of aryl methyl sites for hydroxylation is 1. The molecule has 0 saturated heterocycles. The zero-order valence-corrected chi connectivity index (χ0v) is 13.9. The van der Waals surface area contributed by atoms with Crippen molar-refractivity contribution in [3.8, 4) is 0 Å². The van der Waals surface area contributed by atoms with Crippen LogP contribution < -0.4 is 27.9 Å². The lowest BCUT2D eigenvalue weighted by molar-refractivity contribution is -0.132. The van der Waals surface area contributed by atoms with Crippen molar-refractivity contribution in [1.29, 1.82) is 0 Å². The van der Waals surface area contributed by atoms with Gasteiger partial charge < -0.3 is 22.5 Å². The molecule has 0 bridgehead atoms. The van der Waals surface area contributed by atoms with Gasteiger partial charge in [0.15, 0.2) is 0 Å². The Bertz CT molecular complexity index is 738. The number of guanidine groups is 1. The number of halogens is 1. The fraction of sp³-hybridized carbons (Fsp3) is 0.267. The van der Waals surface area contributed by atoms with Crippen molar-refractivity contribution in [1.82, 2.24) is 0 Å². The van der Waals surface area contributed by atoms with Crippen molar-refractivity contribution < 1.29 is 19.4 Å². The number of benzene rings is 1. The number of primary amides is 2. The van der Waals surface area contributed by atoms with Gasteiger partial charge in [-0.25, -0.2) is 14.8 Å². The molecule has 0 aromatic heterocycles. The van der Waals surface area contributed by atoms with Crippen LogP contribution in [0.2, 0.25) is 0 Å². The number of rotatable bonds is 6. The minimum Gasteiger partial charge on any atom is -0.368 e. The Hall–Kier alpha value is -3.30. The van der Waals surface area contributed by atoms with Crippen LogP contribution in [0.15, 0.2) is 28.2 Å². The summed E-state index contributed by atoms with van der Waals surface area (Å²) in [5.74, 6) is -2.71. The molecule has 9 nitrogen and oxygen atoms in total. The van der Waals surface area contributed by atoms with E-state index in [1.54, 1.807) is 19.9 Å². The molecule has 0 aliphatic heterocycles. The van der Waals surface area contributed by atoms with Gasteiger partial charge in [0.05, 0.1) is 0 Å². The SMILES string of the molecule is CC[C@@H](N=C(N)N=C(Nc1cc(C)cc(F)c1)C(=[NH2+])C(N)=O)C(N)=O. The highest BCUT2D eigenvalue weighted by molar-refractivity contribution is 6.66. The molecule has 1 aromatic carbocycles. The second-order valence-corrected chi connectivity index (χ2v) is 5.19. The van der Waals surface area contributed by atoms with Gasteiger partial charge in [-0.2, -0.15) is 4.99 Å². The van der Waals surface area contributed by atoms with Crippen LogP contribution in [0, 0.1) is 12.7 Å². The highest BCUT2D eigenvalue weighted by Crippen LogP contribution is 2.13. The Kier molecular flexibility index (Phi) is 6.73. The van der Waals surface area contributed by atoms with Crippen molar-refractivity contribution in [2.75, 3.05) is 5.32 Å². The lowest BCUT2D eigenvalue weighted by Gasteiger charge is -2.09. The van der Waals surface area contributed by atoms with Gasteiger partial charge in [0, 0.05) is 5.69 Å². The lowest BCUT2D eigenvalue weighted by Crippen LogP contribution is -2.54. The molecule has 0 heterocycles. The Morgan fingerprint density at radius 3 is 2.40 bits per heavy atom. The topological polar surface area (TPSA) is 175 Å². The maximum Gasteiger partial charge on any atom is 0.316 e. The Labute approximate surface area is 143 Å². The van der Waals surface area contributed by atoms with Gasteiger partial charge in [0.25, 0.3) is 0 Å². The van der Waals surface area contributed by atoms with Gasteiger partial charge in [-0.15, -0.1) is 0 Å². The Morgan fingerprint density at radius 2 is 1.92 bits per heavy atom. The summed E-state index contributed by atoms with van der Waals surface area (Å²) in [6.45, 7) is 3.37. The molecule has 10 heteroatoms. The first-order valence-corrected chi connectivity index (χ1v) is 7.32. The first-order valence-electron chi connectivity index (χ1n) is 7.32. The average molecular weight is 350 g/mol. The molecule has 1 atom stereocenters. The summed E-state index contributed by atoms with van der Waals surface area (Å²) < 4.78 is 13.5. The number of carbonyl (C=O) groups is 2. The van der Waals surface area contributed by atoms with Crippen molar-refractivity contribution >= 4 is 35.0 Å². The van der Waals surface area contributed by atoms with E-state index in [1.165, 1.54) is 12.1 Å². The highest BCUT2D eigenvalue weighted by atomic mass is 19.1. The number of anilines is 1. The molecule has 0 spiro atoms. The Morgan fingerprint density at radius 1 is 1.28 bits per heavy atom. The predicted molar refractivity (Wildman–Crippen MR) is 93.2 cm³/mol. The third kappa shape index (κ3) is 6.01. The number of nitrogens with two attached hydrogens (primary N) is 4. The zero-order valence-electron chi connectivity index (χ0n) is 13.9. The van der Waals surface area contributed by atoms with E-state index in [9.17, 15) is 14.0 Å². The van der Waals surface area contributed by atoms with Gasteiger partial charge in [0.2, 0.25) is 17.7 Å². The summed E-state index contributed by atoms with van der Waals surface area (Å²) in [7, 11) is 0. The minimum absolute atomic E-state index is 0.224. The monoisotopic (exact) mass is 350 g/mol. The maximum absolute atomic E-state index is 13.5. The lowest BCUT2D eigenvalue weighted by atomic mass is 10.2. The third-order valence-electron chi connectivity index (χ3n) is 3.06. The summed E-state index contributed by atoms with van der Waals surface area (Å²) in [4.78, 5) is 30.3. The molecule has 0 aliphatic rings. The molecular weight excluding hydrogens is 329 g/mol. The average Bonchev–Trinajstić information content (AvgIpc) is 2.49. The number of aliphatic imine (C=N–C) groups is 2. The van der Waals surface area contributed by atoms with E-state index in [0.29, 0.717) is 12.0 Å². The summed E-state index contributed by atoms with van der Waals surface area (Å²) in [6, 6.07) is 3.20. The molecule has 25 heavy (non-hydrogen) atoms. The van der Waals surface area contributed by atoms with Crippen molar-refractivity contribution in [2.45, 2.75) is 26.3 Å². The fourth-order valence-corrected chi connectivity index (χ4v) is 1.88. The van der Waals surface area contributed by atoms with Crippen molar-refractivity contribution in [3.63, 3.8) is 0 Å². The van der Waals surface area contributed by atoms with Gasteiger partial charge in [0.1, 0.15) is 11.9 Å². The van der Waals surface area contributed by atoms with Crippen molar-refractivity contribution in [2.24, 2.45) is 27.2 Å². The van der Waals surface area contributed by atoms with Gasteiger partial charge in [-0.3, -0.25) is 9.59 Å². The molecule has 1 aromatic rings. The molecule has 1 rings (SSSR count). The van der Waals surface area contributed by atoms with E-state index in [1.807, 2.05) is 0 Å². The van der Waals surface area contributed by atoms with Crippen LogP contribution in [0.5, 0.6) is 0 Å². The number of amides is 2. The quantitative estimate of drug-likeness (QED) is 0.301. The number of hydrogen-bond acceptors (Lipinski definition) is 3. The maximum atomic E-state index is 13.5. The predicted octanol–water partition coefficient (Wildman–Crippen LogP) is -1.79. The fourth-order valence-electron chi connectivity index (χ4n) is 1.88. The van der Waals surface area contributed by atoms with Crippen LogP contribution in [0.1, 0.15) is 18.9 Å². The highest BCUT2D eigenvalue weighted by Gasteiger charge is 2.21. The molecular formula is C15H21FN7O2+. The number of nitrogens with one attached hydrogen (secondary N) is 1. The van der Waals surface area contributed by atoms with E-state index >= 15 is 0 Å². The van der Waals surface area contributed by atoms with Crippen LogP contribution in [0.4, 0.5) is 10.1 Å². The molecule has 9 N–H and O–H groups in total. The summed E-state index contributed by atoms with van der Waals surface area (Å²) in [5, 5.41) is 8.27. The molecule has 2 amide bonds. The van der Waals surface area contributed by atoms with E-state index in [-0.39, 0.29) is 17.5 Å². The van der Waals surface area contributed by atoms with Crippen LogP contribution in [-0.4, -0.2) is 35.4 Å². The molecule has 0 fully saturated rings. The van der Waals surface area contributed by atoms with Crippen LogP contribution in [0.25, 0.3) is 0 Å². The molecule has 134 valence electrons. The van der Waals surface area contributed by atoms with E-state index in [4.69, 9.17) is 22.6 Å². The van der Waals surface area contributed by atoms with Crippen molar-refractivity contribution in [3.05, 3.63) is 29.6 Å². The second kappa shape index (κ2) is 8.52. The zero-order chi connectivity index (χ0) is 19.1. The van der Waals surface area contributed by atoms with Gasteiger partial charge >= 0.3 is 11.6 Å². The standard InChI is InChI=1S/C15H20FN7O2/c1-3-10(12(18)24)22-15(20)23-14(11(17)13(19)25)21-9-5-7(2)4-8(16)6-9/h4-6,10,17H,3H2,1-2H3,(H2,18,24)(H2,19,25)(H3,20,21,22,23)/p+1/t10-/m1/s1. The first kappa shape index (κ1) is 19.7. The largest absolute Gasteiger partial charge is 0.368 e. The van der Waals surface area contributed by atoms with Gasteiger partial charge in [-0.1, -0.05) is 6.92 Å². The third-order valence-corrected chi connectivity index (χ3v) is 3.06. The number of nitrogens with zero attached hydrogens (tertiary/aromatic N) is 2. The molecule has 0 aliphatic carbocycles. The van der Waals surface area contributed by atoms with Crippen LogP contribution in [-0.2, 0) is 9.59 Å². The van der Waals surface area contributed by atoms with Crippen LogP contribution >= 0.6 is 0 Å². The molecule has 0 unspecified atom stereocenters. The number of hydrogen-bond donors (Lipinski definition) is 5. The van der Waals surface area contributed by atoms with E-state index < -0.39 is 29.4 Å². The molecule has 0 radical (unpaired) electrons. The van der Waals surface area contributed by atoms with Gasteiger partial charge in [-0.05, 0) is 37.1 Å². The molecule has 0 saturated carbocycles. The summed E-state index contributed by atoms with van der Waals surface area (Å²) in [6.07, 6.45) is 0.312. The second-order valence-electron chi connectivity index (χ2n) is 5.19. The Balaban J connectivity index is 3.24. The van der Waals surface area contributed by atoms with E-state index in [0.717, 1.165) is 0 Å². The van der Waals surface area contributed by atoms with Crippen LogP contribution in [0.3, 0.4) is 0 Å². The van der Waals surface area contributed by atoms with E-state index in [2.05, 4.69) is 15.3 Å². The minimum atomic E-state index is -0.964. The number of amidine groups is 1. The smallest absolute Gasteiger partial charge is 0.316 e. The number of carbonyl (C=O) groups excluding carboxylic acids is 2. The summed E-state index contributed by atoms with van der Waals surface area (Å²) >= 11 is 0. The normalized spacial score (nSPS) is 13.2. The first-order chi connectivity index (χ1) is 11.6.